The quantitative estimate of drug-likeness (QED) is 0.528. The maximum Gasteiger partial charge on any atom is 0.338 e. The molecule has 5 nitrogen and oxygen atoms in total. The molecule has 0 aromatic heterocycles. The van der Waals surface area contributed by atoms with E-state index < -0.39 is 5.97 Å². The van der Waals surface area contributed by atoms with E-state index in [-0.39, 0.29) is 12.4 Å². The Morgan fingerprint density at radius 2 is 1.83 bits per heavy atom. The van der Waals surface area contributed by atoms with Crippen molar-refractivity contribution < 1.29 is 23.8 Å². The van der Waals surface area contributed by atoms with E-state index in [4.69, 9.17) is 14.2 Å². The number of Topliss-reactive ketones (excluding diaryl/α,β-unsaturated/α-hetero) is 1. The molecule has 0 bridgehead atoms. The lowest BCUT2D eigenvalue weighted by Crippen LogP contribution is -2.14. The summed E-state index contributed by atoms with van der Waals surface area (Å²) in [6, 6.07) is 11.6. The van der Waals surface area contributed by atoms with Gasteiger partial charge in [0.05, 0.1) is 19.3 Å². The second kappa shape index (κ2) is 8.49. The zero-order valence-electron chi connectivity index (χ0n) is 13.4. The zero-order valence-corrected chi connectivity index (χ0v) is 15.0. The first-order chi connectivity index (χ1) is 11.5. The van der Waals surface area contributed by atoms with Crippen LogP contribution < -0.4 is 9.47 Å². The molecule has 0 saturated carbocycles. The van der Waals surface area contributed by atoms with Gasteiger partial charge in [0.1, 0.15) is 0 Å². The van der Waals surface area contributed by atoms with Gasteiger partial charge in [-0.25, -0.2) is 4.79 Å². The molecule has 2 aromatic rings. The summed E-state index contributed by atoms with van der Waals surface area (Å²) in [4.78, 5) is 24.2. The van der Waals surface area contributed by atoms with Gasteiger partial charge >= 0.3 is 5.97 Å². The number of hydrogen-bond acceptors (Lipinski definition) is 5. The Morgan fingerprint density at radius 1 is 1.04 bits per heavy atom. The second-order valence-electron chi connectivity index (χ2n) is 4.81. The zero-order chi connectivity index (χ0) is 17.5. The lowest BCUT2D eigenvalue weighted by molar-refractivity contribution is 0.0474. The molecule has 0 amide bonds. The van der Waals surface area contributed by atoms with Crippen LogP contribution in [0.15, 0.2) is 46.9 Å². The first-order valence-corrected chi connectivity index (χ1v) is 8.11. The maximum atomic E-state index is 12.1. The highest BCUT2D eigenvalue weighted by atomic mass is 79.9. The topological polar surface area (TPSA) is 61.8 Å². The molecule has 0 aliphatic carbocycles. The van der Waals surface area contributed by atoms with E-state index >= 15 is 0 Å². The smallest absolute Gasteiger partial charge is 0.338 e. The van der Waals surface area contributed by atoms with Crippen molar-refractivity contribution in [1.82, 2.24) is 0 Å². The molecule has 0 aliphatic heterocycles. The third-order valence-corrected chi connectivity index (χ3v) is 3.67. The minimum atomic E-state index is -0.595. The summed E-state index contributed by atoms with van der Waals surface area (Å²) in [6.07, 6.45) is 0. The summed E-state index contributed by atoms with van der Waals surface area (Å²) >= 11 is 3.30. The minimum Gasteiger partial charge on any atom is -0.493 e. The van der Waals surface area contributed by atoms with E-state index in [9.17, 15) is 9.59 Å². The lowest BCUT2D eigenvalue weighted by atomic mass is 10.1. The Kier molecular flexibility index (Phi) is 6.37. The molecule has 6 heteroatoms. The summed E-state index contributed by atoms with van der Waals surface area (Å²) in [7, 11) is 1.52. The van der Waals surface area contributed by atoms with Crippen LogP contribution in [-0.4, -0.2) is 32.1 Å². The number of rotatable bonds is 7. The van der Waals surface area contributed by atoms with Crippen LogP contribution in [0.2, 0.25) is 0 Å². The van der Waals surface area contributed by atoms with Crippen molar-refractivity contribution in [3.8, 4) is 11.5 Å². The summed E-state index contributed by atoms with van der Waals surface area (Å²) < 4.78 is 16.5. The first-order valence-electron chi connectivity index (χ1n) is 7.32. The van der Waals surface area contributed by atoms with E-state index in [1.54, 1.807) is 30.3 Å². The lowest BCUT2D eigenvalue weighted by Gasteiger charge is -2.11. The molecule has 0 N–H and O–H groups in total. The van der Waals surface area contributed by atoms with Gasteiger partial charge in [0.2, 0.25) is 0 Å². The van der Waals surface area contributed by atoms with E-state index in [0.29, 0.717) is 29.2 Å². The van der Waals surface area contributed by atoms with E-state index in [1.165, 1.54) is 13.2 Å². The molecular weight excluding hydrogens is 376 g/mol. The second-order valence-corrected chi connectivity index (χ2v) is 5.72. The molecule has 0 atom stereocenters. The average Bonchev–Trinajstić information content (AvgIpc) is 2.59. The molecule has 0 aliphatic rings. The third-order valence-electron chi connectivity index (χ3n) is 3.18. The summed E-state index contributed by atoms with van der Waals surface area (Å²) in [5, 5.41) is 0. The number of ketones is 1. The largest absolute Gasteiger partial charge is 0.493 e. The molecular formula is C18H17BrO5. The Labute approximate surface area is 148 Å². The van der Waals surface area contributed by atoms with Crippen molar-refractivity contribution in [3.05, 3.63) is 58.1 Å². The number of hydrogen-bond donors (Lipinski definition) is 0. The average molecular weight is 393 g/mol. The third kappa shape index (κ3) is 4.58. The molecule has 24 heavy (non-hydrogen) atoms. The monoisotopic (exact) mass is 392 g/mol. The van der Waals surface area contributed by atoms with E-state index in [0.717, 1.165) is 4.47 Å². The number of benzene rings is 2. The van der Waals surface area contributed by atoms with Gasteiger partial charge < -0.3 is 14.2 Å². The van der Waals surface area contributed by atoms with Gasteiger partial charge in [-0.15, -0.1) is 0 Å². The van der Waals surface area contributed by atoms with Gasteiger partial charge in [0, 0.05) is 10.0 Å². The standard InChI is InChI=1S/C18H17BrO5/c1-3-23-17-10-13(7-8-16(17)22-2)18(21)24-11-15(20)12-5-4-6-14(19)9-12/h4-10H,3,11H2,1-2H3. The Balaban J connectivity index is 2.04. The highest BCUT2D eigenvalue weighted by Crippen LogP contribution is 2.28. The van der Waals surface area contributed by atoms with Crippen molar-refractivity contribution in [2.45, 2.75) is 6.92 Å². The number of methoxy groups -OCH3 is 1. The highest BCUT2D eigenvalue weighted by molar-refractivity contribution is 9.10. The number of esters is 1. The molecule has 0 fully saturated rings. The van der Waals surface area contributed by atoms with Crippen LogP contribution in [0.4, 0.5) is 0 Å². The normalized spacial score (nSPS) is 10.1. The molecule has 2 rings (SSSR count). The molecule has 2 aromatic carbocycles. The molecule has 0 radical (unpaired) electrons. The van der Waals surface area contributed by atoms with Crippen LogP contribution in [0.3, 0.4) is 0 Å². The van der Waals surface area contributed by atoms with E-state index in [1.807, 2.05) is 13.0 Å². The number of carbonyl (C=O) groups is 2. The van der Waals surface area contributed by atoms with Crippen molar-refractivity contribution in [3.63, 3.8) is 0 Å². The van der Waals surface area contributed by atoms with Crippen LogP contribution in [0.5, 0.6) is 11.5 Å². The SMILES string of the molecule is CCOc1cc(C(=O)OCC(=O)c2cccc(Br)c2)ccc1OC. The van der Waals surface area contributed by atoms with Crippen molar-refractivity contribution in [2.24, 2.45) is 0 Å². The number of ether oxygens (including phenoxy) is 3. The summed E-state index contributed by atoms with van der Waals surface area (Å²) in [6.45, 7) is 1.95. The van der Waals surface area contributed by atoms with Crippen LogP contribution in [0, 0.1) is 0 Å². The fourth-order valence-corrected chi connectivity index (χ4v) is 2.43. The first kappa shape index (κ1) is 18.0. The fourth-order valence-electron chi connectivity index (χ4n) is 2.03. The number of carbonyl (C=O) groups excluding carboxylic acids is 2. The molecule has 0 heterocycles. The minimum absolute atomic E-state index is 0.275. The fraction of sp³-hybridized carbons (Fsp3) is 0.222. The molecule has 0 spiro atoms. The Morgan fingerprint density at radius 3 is 2.50 bits per heavy atom. The van der Waals surface area contributed by atoms with Crippen molar-refractivity contribution >= 4 is 27.7 Å². The van der Waals surface area contributed by atoms with Crippen molar-refractivity contribution in [2.75, 3.05) is 20.3 Å². The van der Waals surface area contributed by atoms with Gasteiger partial charge in [0.15, 0.2) is 23.9 Å². The summed E-state index contributed by atoms with van der Waals surface area (Å²) in [5.74, 6) is 0.108. The van der Waals surface area contributed by atoms with Crippen LogP contribution >= 0.6 is 15.9 Å². The van der Waals surface area contributed by atoms with Crippen molar-refractivity contribution in [1.29, 1.82) is 0 Å². The molecule has 0 saturated heterocycles. The van der Waals surface area contributed by atoms with Gasteiger partial charge in [-0.2, -0.15) is 0 Å². The van der Waals surface area contributed by atoms with Gasteiger partial charge in [-0.1, -0.05) is 28.1 Å². The van der Waals surface area contributed by atoms with Gasteiger partial charge in [-0.05, 0) is 37.3 Å². The maximum absolute atomic E-state index is 12.1. The van der Waals surface area contributed by atoms with Crippen LogP contribution in [0.25, 0.3) is 0 Å². The predicted molar refractivity (Wildman–Crippen MR) is 92.9 cm³/mol. The van der Waals surface area contributed by atoms with Gasteiger partial charge in [0.25, 0.3) is 0 Å². The Bertz CT molecular complexity index is 742. The van der Waals surface area contributed by atoms with Crippen LogP contribution in [0.1, 0.15) is 27.6 Å². The van der Waals surface area contributed by atoms with Gasteiger partial charge in [-0.3, -0.25) is 4.79 Å². The molecule has 0 unspecified atom stereocenters. The van der Waals surface area contributed by atoms with Crippen LogP contribution in [-0.2, 0) is 4.74 Å². The van der Waals surface area contributed by atoms with E-state index in [2.05, 4.69) is 15.9 Å². The summed E-state index contributed by atoms with van der Waals surface area (Å²) in [5.41, 5.74) is 0.767. The molecule has 126 valence electrons. The highest BCUT2D eigenvalue weighted by Gasteiger charge is 2.15. The predicted octanol–water partition coefficient (Wildman–Crippen LogP) is 3.90. The Hall–Kier alpha value is -2.34. The number of halogens is 1.